The van der Waals surface area contributed by atoms with Crippen molar-refractivity contribution in [3.05, 3.63) is 200 Å². The molecule has 0 aliphatic carbocycles. The highest BCUT2D eigenvalue weighted by Gasteiger charge is 2.37. The van der Waals surface area contributed by atoms with Gasteiger partial charge in [0.05, 0.1) is 39.5 Å². The zero-order chi connectivity index (χ0) is 44.1. The number of nitrogens with zero attached hydrogens (tertiary/aromatic N) is 5. The van der Waals surface area contributed by atoms with E-state index in [-0.39, 0.29) is 5.41 Å². The van der Waals surface area contributed by atoms with Gasteiger partial charge in [-0.15, -0.1) is 0 Å². The molecule has 0 radical (unpaired) electrons. The van der Waals surface area contributed by atoms with Gasteiger partial charge < -0.3 is 24.0 Å². The minimum Gasteiger partial charge on any atom is -0.457 e. The molecule has 0 bridgehead atoms. The van der Waals surface area contributed by atoms with Gasteiger partial charge in [-0.05, 0) is 107 Å². The van der Waals surface area contributed by atoms with Gasteiger partial charge in [-0.3, -0.25) is 9.47 Å². The molecule has 0 spiro atoms. The van der Waals surface area contributed by atoms with Crippen LogP contribution < -0.4 is 28.9 Å². The van der Waals surface area contributed by atoms with Crippen LogP contribution in [-0.2, 0) is 5.41 Å². The van der Waals surface area contributed by atoms with Crippen LogP contribution in [0.25, 0.3) is 38.8 Å². The summed E-state index contributed by atoms with van der Waals surface area (Å²) in [5.41, 5.74) is 12.7. The molecule has 0 amide bonds. The van der Waals surface area contributed by atoms with Gasteiger partial charge in [-0.2, -0.15) is 0 Å². The molecule has 13 rings (SSSR count). The van der Waals surface area contributed by atoms with Crippen LogP contribution in [0.3, 0.4) is 0 Å². The number of benzene rings is 8. The Balaban J connectivity index is 0.858. The Hall–Kier alpha value is -8.49. The molecule has 3 aliphatic rings. The van der Waals surface area contributed by atoms with Crippen molar-refractivity contribution in [2.45, 2.75) is 26.2 Å². The molecule has 0 saturated carbocycles. The number of hydrogen-bond acceptors (Lipinski definition) is 7. The fourth-order valence-electron chi connectivity index (χ4n) is 9.80. The zero-order valence-corrected chi connectivity index (χ0v) is 36.6. The Labute approximate surface area is 382 Å². The highest BCUT2D eigenvalue weighted by Crippen LogP contribution is 2.61. The van der Waals surface area contributed by atoms with Gasteiger partial charge in [-0.1, -0.05) is 99.6 Å². The molecule has 0 unspecified atom stereocenters. The monoisotopic (exact) mass is 857 g/mol. The molecule has 8 heteroatoms. The van der Waals surface area contributed by atoms with E-state index in [1.807, 2.05) is 48.7 Å². The van der Waals surface area contributed by atoms with Crippen molar-refractivity contribution in [3.8, 4) is 51.4 Å². The largest absolute Gasteiger partial charge is 0.457 e. The standard InChI is InChI=1S/C58H43N5O3/c1-58(2,3)39-28-29-59-56(31-39)62-46-27-24-38(37-14-5-4-6-15-37)30-45(46)44-26-25-43(35-51(44)62)64-42-17-13-16-40(32-42)60-36-61(48-19-8-7-18-47(48)60)41-33-54-57-55(34-41)66-53-23-12-10-21-50(53)63(57)49-20-9-11-22-52(49)65-54/h4-35H,36H2,1-3H3. The van der Waals surface area contributed by atoms with E-state index in [0.717, 1.165) is 102 Å². The number of fused-ring (bicyclic) bond motifs is 8. The minimum atomic E-state index is -0.0375. The van der Waals surface area contributed by atoms with Crippen molar-refractivity contribution in [2.75, 3.05) is 21.4 Å². The predicted octanol–water partition coefficient (Wildman–Crippen LogP) is 15.9. The lowest BCUT2D eigenvalue weighted by molar-refractivity contribution is 0.446. The average molecular weight is 858 g/mol. The first kappa shape index (κ1) is 38.0. The summed E-state index contributed by atoms with van der Waals surface area (Å²) in [5, 5.41) is 2.29. The van der Waals surface area contributed by atoms with Gasteiger partial charge in [0, 0.05) is 46.9 Å². The summed E-state index contributed by atoms with van der Waals surface area (Å²) in [4.78, 5) is 11.8. The SMILES string of the molecule is CC(C)(C)c1ccnc(-n2c3ccc(-c4ccccc4)cc3c3ccc(Oc4cccc(N5CN(c6cc7c8c(c6)Oc6ccccc6N8c6ccccc6O7)c6ccccc65)c4)cc32)c1. The molecule has 10 aromatic rings. The quantitative estimate of drug-likeness (QED) is 0.165. The van der Waals surface area contributed by atoms with Crippen molar-refractivity contribution in [2.24, 2.45) is 0 Å². The Bertz CT molecular complexity index is 3500. The number of para-hydroxylation sites is 6. The van der Waals surface area contributed by atoms with Crippen molar-refractivity contribution in [1.29, 1.82) is 0 Å². The van der Waals surface area contributed by atoms with E-state index in [1.54, 1.807) is 0 Å². The first-order chi connectivity index (χ1) is 32.3. The van der Waals surface area contributed by atoms with Gasteiger partial charge in [0.25, 0.3) is 0 Å². The second-order valence-electron chi connectivity index (χ2n) is 18.1. The second kappa shape index (κ2) is 14.5. The van der Waals surface area contributed by atoms with Crippen LogP contribution in [-0.4, -0.2) is 16.2 Å². The third-order valence-corrected chi connectivity index (χ3v) is 13.0. The molecule has 0 saturated heterocycles. The smallest absolute Gasteiger partial charge is 0.157 e. The molecular formula is C58H43N5O3. The van der Waals surface area contributed by atoms with Crippen LogP contribution in [0.2, 0.25) is 0 Å². The van der Waals surface area contributed by atoms with Gasteiger partial charge in [-0.25, -0.2) is 4.98 Å². The Morgan fingerprint density at radius 3 is 1.85 bits per heavy atom. The lowest BCUT2D eigenvalue weighted by Gasteiger charge is -2.38. The molecule has 66 heavy (non-hydrogen) atoms. The molecular weight excluding hydrogens is 815 g/mol. The van der Waals surface area contributed by atoms with Crippen molar-refractivity contribution in [3.63, 3.8) is 0 Å². The molecule has 0 N–H and O–H groups in total. The van der Waals surface area contributed by atoms with E-state index >= 15 is 0 Å². The Morgan fingerprint density at radius 1 is 0.485 bits per heavy atom. The maximum absolute atomic E-state index is 6.80. The summed E-state index contributed by atoms with van der Waals surface area (Å²) >= 11 is 0. The number of aromatic nitrogens is 2. The van der Waals surface area contributed by atoms with Gasteiger partial charge in [0.1, 0.15) is 29.7 Å². The summed E-state index contributed by atoms with van der Waals surface area (Å²) in [6.45, 7) is 7.28. The van der Waals surface area contributed by atoms with E-state index in [9.17, 15) is 0 Å². The van der Waals surface area contributed by atoms with Gasteiger partial charge in [0.15, 0.2) is 23.0 Å². The molecule has 5 heterocycles. The summed E-state index contributed by atoms with van der Waals surface area (Å²) in [5.74, 6) is 5.44. The zero-order valence-electron chi connectivity index (χ0n) is 36.6. The summed E-state index contributed by atoms with van der Waals surface area (Å²) in [7, 11) is 0. The van der Waals surface area contributed by atoms with E-state index in [4.69, 9.17) is 19.2 Å². The molecule has 8 nitrogen and oxygen atoms in total. The number of anilines is 7. The first-order valence-electron chi connectivity index (χ1n) is 22.4. The number of rotatable bonds is 6. The molecule has 0 atom stereocenters. The van der Waals surface area contributed by atoms with Crippen LogP contribution in [0.1, 0.15) is 26.3 Å². The third-order valence-electron chi connectivity index (χ3n) is 13.0. The highest BCUT2D eigenvalue weighted by atomic mass is 16.5. The van der Waals surface area contributed by atoms with Crippen LogP contribution in [0, 0.1) is 0 Å². The van der Waals surface area contributed by atoms with Crippen LogP contribution in [0.15, 0.2) is 194 Å². The van der Waals surface area contributed by atoms with Gasteiger partial charge in [0.2, 0.25) is 0 Å². The minimum absolute atomic E-state index is 0.0375. The Morgan fingerprint density at radius 2 is 1.14 bits per heavy atom. The summed E-state index contributed by atoms with van der Waals surface area (Å²) < 4.78 is 22.4. The topological polar surface area (TPSA) is 55.2 Å². The Kier molecular flexibility index (Phi) is 8.36. The van der Waals surface area contributed by atoms with Gasteiger partial charge >= 0.3 is 0 Å². The van der Waals surface area contributed by atoms with Crippen LogP contribution in [0.5, 0.6) is 34.5 Å². The van der Waals surface area contributed by atoms with E-state index in [0.29, 0.717) is 6.67 Å². The average Bonchev–Trinajstić information content (AvgIpc) is 3.90. The molecule has 8 aromatic carbocycles. The second-order valence-corrected chi connectivity index (χ2v) is 18.1. The summed E-state index contributed by atoms with van der Waals surface area (Å²) in [6.07, 6.45) is 1.92. The summed E-state index contributed by atoms with van der Waals surface area (Å²) in [6, 6.07) is 65.5. The highest BCUT2D eigenvalue weighted by molar-refractivity contribution is 6.11. The molecule has 3 aliphatic heterocycles. The fraction of sp³-hybridized carbons (Fsp3) is 0.0862. The van der Waals surface area contributed by atoms with Crippen molar-refractivity contribution in [1.82, 2.24) is 9.55 Å². The maximum atomic E-state index is 6.80. The van der Waals surface area contributed by atoms with Crippen LogP contribution in [0.4, 0.5) is 39.8 Å². The molecule has 0 fully saturated rings. The number of pyridine rings is 1. The van der Waals surface area contributed by atoms with E-state index < -0.39 is 0 Å². The number of ether oxygens (including phenoxy) is 3. The number of hydrogen-bond donors (Lipinski definition) is 0. The molecule has 2 aromatic heterocycles. The van der Waals surface area contributed by atoms with Crippen molar-refractivity contribution >= 4 is 61.6 Å². The van der Waals surface area contributed by atoms with E-state index in [1.165, 1.54) is 16.7 Å². The van der Waals surface area contributed by atoms with Crippen molar-refractivity contribution < 1.29 is 14.2 Å². The molecule has 318 valence electrons. The first-order valence-corrected chi connectivity index (χ1v) is 22.4. The predicted molar refractivity (Wildman–Crippen MR) is 266 cm³/mol. The lowest BCUT2D eigenvalue weighted by Crippen LogP contribution is -2.25. The third kappa shape index (κ3) is 6.09. The lowest BCUT2D eigenvalue weighted by atomic mass is 9.88. The van der Waals surface area contributed by atoms with E-state index in [2.05, 4.69) is 186 Å². The normalized spacial score (nSPS) is 13.5. The fourth-order valence-corrected chi connectivity index (χ4v) is 9.80. The maximum Gasteiger partial charge on any atom is 0.157 e. The van der Waals surface area contributed by atoms with Crippen LogP contribution >= 0.6 is 0 Å².